The first kappa shape index (κ1) is 20.9. The van der Waals surface area contributed by atoms with E-state index in [2.05, 4.69) is 22.3 Å². The van der Waals surface area contributed by atoms with Crippen LogP contribution in [0.1, 0.15) is 28.9 Å². The highest BCUT2D eigenvalue weighted by Gasteiger charge is 2.18. The molecule has 1 unspecified atom stereocenters. The summed E-state index contributed by atoms with van der Waals surface area (Å²) in [5, 5.41) is 12.8. The molecule has 2 aromatic heterocycles. The van der Waals surface area contributed by atoms with E-state index in [4.69, 9.17) is 20.4 Å². The first-order chi connectivity index (χ1) is 16.2. The Morgan fingerprint density at radius 2 is 1.76 bits per heavy atom. The third-order valence-corrected chi connectivity index (χ3v) is 6.48. The van der Waals surface area contributed by atoms with Crippen LogP contribution in [-0.2, 0) is 6.42 Å². The predicted octanol–water partition coefficient (Wildman–Crippen LogP) is 5.99. The van der Waals surface area contributed by atoms with Crippen molar-refractivity contribution < 1.29 is 9.26 Å². The van der Waals surface area contributed by atoms with Gasteiger partial charge >= 0.3 is 0 Å². The Morgan fingerprint density at radius 1 is 1.00 bits per heavy atom. The molecule has 0 saturated carbocycles. The summed E-state index contributed by atoms with van der Waals surface area (Å²) in [5.74, 6) is 1.99. The van der Waals surface area contributed by atoms with Crippen molar-refractivity contribution >= 4 is 27.3 Å². The Labute approximate surface area is 195 Å². The van der Waals surface area contributed by atoms with Gasteiger partial charge < -0.3 is 15.0 Å². The van der Waals surface area contributed by atoms with Crippen LogP contribution in [0.25, 0.3) is 21.5 Å². The van der Waals surface area contributed by atoms with Crippen molar-refractivity contribution in [1.82, 2.24) is 10.1 Å². The average Bonchev–Trinajstić information content (AvgIpc) is 3.51. The van der Waals surface area contributed by atoms with Gasteiger partial charge in [-0.3, -0.25) is 5.41 Å². The van der Waals surface area contributed by atoms with Crippen LogP contribution in [0.15, 0.2) is 89.5 Å². The third kappa shape index (κ3) is 4.63. The minimum absolute atomic E-state index is 0.0624. The van der Waals surface area contributed by atoms with E-state index in [0.29, 0.717) is 24.6 Å². The molecule has 7 heteroatoms. The molecule has 0 aliphatic carbocycles. The molecule has 2 heterocycles. The van der Waals surface area contributed by atoms with E-state index in [1.54, 1.807) is 0 Å². The lowest BCUT2D eigenvalue weighted by atomic mass is 10.0. The molecule has 3 aromatic carbocycles. The summed E-state index contributed by atoms with van der Waals surface area (Å²) >= 11 is 1.49. The summed E-state index contributed by atoms with van der Waals surface area (Å²) in [6.45, 7) is 0. The molecule has 0 radical (unpaired) electrons. The summed E-state index contributed by atoms with van der Waals surface area (Å²) in [6.07, 6.45) is 1.04. The Balaban J connectivity index is 1.39. The zero-order chi connectivity index (χ0) is 22.6. The third-order valence-electron chi connectivity index (χ3n) is 5.35. The van der Waals surface area contributed by atoms with Crippen LogP contribution >= 0.6 is 11.3 Å². The van der Waals surface area contributed by atoms with Gasteiger partial charge in [0.25, 0.3) is 0 Å². The van der Waals surface area contributed by atoms with E-state index in [1.165, 1.54) is 11.3 Å². The maximum atomic E-state index is 7.76. The zero-order valence-corrected chi connectivity index (χ0v) is 18.6. The normalized spacial score (nSPS) is 12.0. The highest BCUT2D eigenvalue weighted by atomic mass is 32.1. The molecule has 5 aromatic rings. The number of hydrogen-bond donors (Lipinski definition) is 2. The second-order valence-corrected chi connectivity index (χ2v) is 8.71. The summed E-state index contributed by atoms with van der Waals surface area (Å²) in [6, 6.07) is 27.7. The highest BCUT2D eigenvalue weighted by Crippen LogP contribution is 2.36. The monoisotopic (exact) mass is 454 g/mol. The smallest absolute Gasteiger partial charge is 0.227 e. The van der Waals surface area contributed by atoms with Gasteiger partial charge in [0.2, 0.25) is 11.7 Å². The molecule has 3 N–H and O–H groups in total. The number of fused-ring (bicyclic) bond motifs is 1. The molecule has 6 nitrogen and oxygen atoms in total. The molecule has 0 aliphatic rings. The predicted molar refractivity (Wildman–Crippen MR) is 131 cm³/mol. The lowest BCUT2D eigenvalue weighted by molar-refractivity contribution is 0.193. The van der Waals surface area contributed by atoms with Crippen LogP contribution in [0.2, 0.25) is 0 Å². The number of nitrogens with two attached hydrogens (primary N) is 1. The average molecular weight is 455 g/mol. The molecule has 164 valence electrons. The van der Waals surface area contributed by atoms with E-state index >= 15 is 0 Å². The molecular formula is C26H22N4O2S. The standard InChI is InChI=1S/C26H22N4O2S/c27-25(28)23-16-19-21(12-7-13-22(19)33-23)31-20(17-8-3-1-4-9-17)14-15-24-29-26(30-32-24)18-10-5-2-6-11-18/h1-13,16,20H,14-15H2,(H3,27,28). The van der Waals surface area contributed by atoms with Crippen LogP contribution in [0, 0.1) is 5.41 Å². The fraction of sp³-hybridized carbons (Fsp3) is 0.115. The molecule has 0 bridgehead atoms. The summed E-state index contributed by atoms with van der Waals surface area (Å²) in [7, 11) is 0. The number of thiophene rings is 1. The second kappa shape index (κ2) is 9.26. The number of aromatic nitrogens is 2. The van der Waals surface area contributed by atoms with E-state index < -0.39 is 0 Å². The maximum Gasteiger partial charge on any atom is 0.227 e. The second-order valence-electron chi connectivity index (χ2n) is 7.63. The maximum absolute atomic E-state index is 7.76. The molecule has 0 fully saturated rings. The van der Waals surface area contributed by atoms with Gasteiger partial charge in [-0.1, -0.05) is 71.9 Å². The largest absolute Gasteiger partial charge is 0.485 e. The number of ether oxygens (including phenoxy) is 1. The minimum Gasteiger partial charge on any atom is -0.485 e. The molecule has 33 heavy (non-hydrogen) atoms. The number of nitrogen functional groups attached to an aromatic ring is 1. The van der Waals surface area contributed by atoms with Crippen LogP contribution in [0.4, 0.5) is 0 Å². The van der Waals surface area contributed by atoms with Gasteiger partial charge in [-0.15, -0.1) is 11.3 Å². The minimum atomic E-state index is -0.204. The lowest BCUT2D eigenvalue weighted by Crippen LogP contribution is -2.09. The fourth-order valence-electron chi connectivity index (χ4n) is 3.70. The molecule has 0 spiro atoms. The summed E-state index contributed by atoms with van der Waals surface area (Å²) in [5.41, 5.74) is 7.70. The Bertz CT molecular complexity index is 1380. The van der Waals surface area contributed by atoms with Crippen molar-refractivity contribution in [2.75, 3.05) is 0 Å². The van der Waals surface area contributed by atoms with Crippen molar-refractivity contribution in [2.24, 2.45) is 5.73 Å². The van der Waals surface area contributed by atoms with Gasteiger partial charge in [0.15, 0.2) is 0 Å². The van der Waals surface area contributed by atoms with Crippen LogP contribution in [-0.4, -0.2) is 16.0 Å². The topological polar surface area (TPSA) is 98.0 Å². The van der Waals surface area contributed by atoms with E-state index in [1.807, 2.05) is 72.8 Å². The summed E-state index contributed by atoms with van der Waals surface area (Å²) in [4.78, 5) is 5.29. The van der Waals surface area contributed by atoms with Crippen molar-refractivity contribution in [3.05, 3.63) is 101 Å². The Hall–Kier alpha value is -3.97. The van der Waals surface area contributed by atoms with Gasteiger partial charge in [-0.05, 0) is 30.2 Å². The van der Waals surface area contributed by atoms with Crippen LogP contribution < -0.4 is 10.5 Å². The van der Waals surface area contributed by atoms with Gasteiger partial charge in [-0.25, -0.2) is 0 Å². The number of benzene rings is 3. The number of hydrogen-bond acceptors (Lipinski definition) is 6. The first-order valence-corrected chi connectivity index (χ1v) is 11.5. The zero-order valence-electron chi connectivity index (χ0n) is 17.8. The van der Waals surface area contributed by atoms with Crippen molar-refractivity contribution in [1.29, 1.82) is 5.41 Å². The fourth-order valence-corrected chi connectivity index (χ4v) is 4.64. The van der Waals surface area contributed by atoms with Gasteiger partial charge in [-0.2, -0.15) is 4.98 Å². The van der Waals surface area contributed by atoms with Gasteiger partial charge in [0.05, 0.1) is 4.88 Å². The Kier molecular flexibility index (Phi) is 5.87. The van der Waals surface area contributed by atoms with Crippen molar-refractivity contribution in [2.45, 2.75) is 18.9 Å². The Morgan fingerprint density at radius 3 is 2.52 bits per heavy atom. The number of aryl methyl sites for hydroxylation is 1. The SMILES string of the molecule is N=C(N)c1cc2c(OC(CCc3nc(-c4ccccc4)no3)c3ccccc3)cccc2s1. The number of amidine groups is 1. The lowest BCUT2D eigenvalue weighted by Gasteiger charge is -2.19. The van der Waals surface area contributed by atoms with Crippen molar-refractivity contribution in [3.63, 3.8) is 0 Å². The van der Waals surface area contributed by atoms with Crippen molar-refractivity contribution in [3.8, 4) is 17.1 Å². The van der Waals surface area contributed by atoms with E-state index in [-0.39, 0.29) is 11.9 Å². The molecule has 0 amide bonds. The first-order valence-electron chi connectivity index (χ1n) is 10.6. The number of nitrogens with zero attached hydrogens (tertiary/aromatic N) is 2. The van der Waals surface area contributed by atoms with E-state index in [0.717, 1.165) is 31.8 Å². The quantitative estimate of drug-likeness (QED) is 0.222. The van der Waals surface area contributed by atoms with Gasteiger partial charge in [0.1, 0.15) is 17.7 Å². The number of nitrogens with one attached hydrogen (secondary N) is 1. The molecular weight excluding hydrogens is 432 g/mol. The molecule has 0 saturated heterocycles. The number of rotatable bonds is 8. The highest BCUT2D eigenvalue weighted by molar-refractivity contribution is 7.20. The van der Waals surface area contributed by atoms with Gasteiger partial charge in [0, 0.05) is 22.1 Å². The summed E-state index contributed by atoms with van der Waals surface area (Å²) < 4.78 is 13.1. The molecule has 0 aliphatic heterocycles. The van der Waals surface area contributed by atoms with E-state index in [9.17, 15) is 0 Å². The molecule has 5 rings (SSSR count). The molecule has 1 atom stereocenters. The van der Waals surface area contributed by atoms with Crippen LogP contribution in [0.5, 0.6) is 5.75 Å². The van der Waals surface area contributed by atoms with Crippen LogP contribution in [0.3, 0.4) is 0 Å².